The SMILES string of the molecule is OCC(=C=Cc1cccc(F)c1)CO. The van der Waals surface area contributed by atoms with Crippen LogP contribution in [0, 0.1) is 5.82 Å². The molecule has 0 aromatic heterocycles. The van der Waals surface area contributed by atoms with Gasteiger partial charge in [0, 0.05) is 5.57 Å². The summed E-state index contributed by atoms with van der Waals surface area (Å²) in [4.78, 5) is 0. The largest absolute Gasteiger partial charge is 0.391 e. The molecule has 0 aliphatic heterocycles. The Morgan fingerprint density at radius 2 is 2.07 bits per heavy atom. The lowest BCUT2D eigenvalue weighted by Gasteiger charge is -1.93. The van der Waals surface area contributed by atoms with Gasteiger partial charge in [0.25, 0.3) is 0 Å². The standard InChI is InChI=1S/C11H11FO2/c12-11-3-1-2-9(6-11)4-5-10(7-13)8-14/h1-4,6,13-14H,7-8H2. The fourth-order valence-electron chi connectivity index (χ4n) is 0.923. The van der Waals surface area contributed by atoms with Crippen molar-refractivity contribution < 1.29 is 14.6 Å². The summed E-state index contributed by atoms with van der Waals surface area (Å²) in [5.41, 5.74) is 3.70. The highest BCUT2D eigenvalue weighted by Gasteiger charge is 1.91. The van der Waals surface area contributed by atoms with Gasteiger partial charge in [-0.05, 0) is 23.8 Å². The minimum atomic E-state index is -0.324. The first-order valence-electron chi connectivity index (χ1n) is 4.18. The number of benzene rings is 1. The molecule has 0 amide bonds. The van der Waals surface area contributed by atoms with Gasteiger partial charge in [-0.15, -0.1) is 5.73 Å². The van der Waals surface area contributed by atoms with Gasteiger partial charge in [0.15, 0.2) is 0 Å². The maximum Gasteiger partial charge on any atom is 0.123 e. The fourth-order valence-corrected chi connectivity index (χ4v) is 0.923. The van der Waals surface area contributed by atoms with Gasteiger partial charge in [-0.1, -0.05) is 12.1 Å². The van der Waals surface area contributed by atoms with Crippen molar-refractivity contribution in [3.8, 4) is 0 Å². The molecule has 0 heterocycles. The monoisotopic (exact) mass is 194 g/mol. The normalized spacial score (nSPS) is 9.36. The maximum atomic E-state index is 12.7. The van der Waals surface area contributed by atoms with E-state index in [1.165, 1.54) is 18.2 Å². The molecule has 0 aliphatic rings. The van der Waals surface area contributed by atoms with Crippen molar-refractivity contribution in [2.24, 2.45) is 0 Å². The molecule has 0 saturated heterocycles. The zero-order chi connectivity index (χ0) is 10.4. The van der Waals surface area contributed by atoms with Crippen LogP contribution in [0.1, 0.15) is 5.56 Å². The topological polar surface area (TPSA) is 40.5 Å². The number of hydrogen-bond acceptors (Lipinski definition) is 2. The van der Waals surface area contributed by atoms with Crippen molar-refractivity contribution in [2.45, 2.75) is 0 Å². The molecule has 0 bridgehead atoms. The van der Waals surface area contributed by atoms with Crippen LogP contribution in [0.15, 0.2) is 35.6 Å². The van der Waals surface area contributed by atoms with Crippen molar-refractivity contribution in [1.82, 2.24) is 0 Å². The van der Waals surface area contributed by atoms with Gasteiger partial charge in [0.2, 0.25) is 0 Å². The van der Waals surface area contributed by atoms with E-state index in [1.54, 1.807) is 12.1 Å². The number of halogens is 1. The van der Waals surface area contributed by atoms with E-state index in [0.29, 0.717) is 11.1 Å². The molecule has 0 unspecified atom stereocenters. The summed E-state index contributed by atoms with van der Waals surface area (Å²) in [6.45, 7) is -0.495. The van der Waals surface area contributed by atoms with E-state index < -0.39 is 0 Å². The van der Waals surface area contributed by atoms with Crippen LogP contribution in [0.3, 0.4) is 0 Å². The van der Waals surface area contributed by atoms with Crippen molar-refractivity contribution in [3.05, 3.63) is 47.0 Å². The molecule has 0 fully saturated rings. The Hall–Kier alpha value is -1.41. The third-order valence-corrected chi connectivity index (χ3v) is 1.67. The molecule has 0 spiro atoms. The van der Waals surface area contributed by atoms with E-state index in [4.69, 9.17) is 10.2 Å². The second kappa shape index (κ2) is 5.35. The van der Waals surface area contributed by atoms with Gasteiger partial charge < -0.3 is 10.2 Å². The van der Waals surface area contributed by atoms with Crippen LogP contribution in [0.5, 0.6) is 0 Å². The van der Waals surface area contributed by atoms with Crippen LogP contribution >= 0.6 is 0 Å². The maximum absolute atomic E-state index is 12.7. The number of rotatable bonds is 3. The van der Waals surface area contributed by atoms with Crippen LogP contribution in [-0.4, -0.2) is 23.4 Å². The van der Waals surface area contributed by atoms with Gasteiger partial charge in [-0.25, -0.2) is 4.39 Å². The molecule has 1 aromatic carbocycles. The Morgan fingerprint density at radius 3 is 2.64 bits per heavy atom. The average Bonchev–Trinajstić information content (AvgIpc) is 2.19. The molecule has 14 heavy (non-hydrogen) atoms. The van der Waals surface area contributed by atoms with Crippen molar-refractivity contribution in [2.75, 3.05) is 13.2 Å². The van der Waals surface area contributed by atoms with E-state index in [1.807, 2.05) is 0 Å². The summed E-state index contributed by atoms with van der Waals surface area (Å²) in [7, 11) is 0. The molecule has 0 saturated carbocycles. The first-order valence-corrected chi connectivity index (χ1v) is 4.18. The van der Waals surface area contributed by atoms with E-state index in [9.17, 15) is 4.39 Å². The molecule has 74 valence electrons. The predicted octanol–water partition coefficient (Wildman–Crippen LogP) is 1.35. The Bertz CT molecular complexity index is 359. The smallest absolute Gasteiger partial charge is 0.123 e. The third-order valence-electron chi connectivity index (χ3n) is 1.67. The summed E-state index contributed by atoms with van der Waals surface area (Å²) in [6, 6.07) is 5.99. The number of aliphatic hydroxyl groups excluding tert-OH is 2. The Morgan fingerprint density at radius 1 is 1.36 bits per heavy atom. The minimum absolute atomic E-state index is 0.248. The van der Waals surface area contributed by atoms with Crippen LogP contribution in [-0.2, 0) is 0 Å². The lowest BCUT2D eigenvalue weighted by molar-refractivity contribution is 0.277. The van der Waals surface area contributed by atoms with Gasteiger partial charge in [0.1, 0.15) is 5.82 Å². The van der Waals surface area contributed by atoms with E-state index >= 15 is 0 Å². The summed E-state index contributed by atoms with van der Waals surface area (Å²) >= 11 is 0. The zero-order valence-corrected chi connectivity index (χ0v) is 7.57. The third kappa shape index (κ3) is 3.15. The van der Waals surface area contributed by atoms with Gasteiger partial charge in [0.05, 0.1) is 13.2 Å². The lowest BCUT2D eigenvalue weighted by atomic mass is 10.2. The zero-order valence-electron chi connectivity index (χ0n) is 7.57. The second-order valence-corrected chi connectivity index (χ2v) is 2.76. The number of aliphatic hydroxyl groups is 2. The molecular weight excluding hydrogens is 183 g/mol. The highest BCUT2D eigenvalue weighted by Crippen LogP contribution is 2.05. The van der Waals surface area contributed by atoms with E-state index in [-0.39, 0.29) is 19.0 Å². The summed E-state index contributed by atoms with van der Waals surface area (Å²) in [5.74, 6) is -0.324. The van der Waals surface area contributed by atoms with Gasteiger partial charge in [-0.3, -0.25) is 0 Å². The van der Waals surface area contributed by atoms with Crippen molar-refractivity contribution in [1.29, 1.82) is 0 Å². The molecule has 2 nitrogen and oxygen atoms in total. The van der Waals surface area contributed by atoms with Gasteiger partial charge >= 0.3 is 0 Å². The van der Waals surface area contributed by atoms with Crippen LogP contribution < -0.4 is 0 Å². The molecule has 2 N–H and O–H groups in total. The molecule has 3 heteroatoms. The lowest BCUT2D eigenvalue weighted by Crippen LogP contribution is -1.93. The van der Waals surface area contributed by atoms with E-state index in [2.05, 4.69) is 5.73 Å². The molecule has 0 radical (unpaired) electrons. The average molecular weight is 194 g/mol. The molecule has 0 atom stereocenters. The Balaban J connectivity index is 2.92. The summed E-state index contributed by atoms with van der Waals surface area (Å²) < 4.78 is 12.7. The first-order chi connectivity index (χ1) is 6.76. The van der Waals surface area contributed by atoms with Crippen molar-refractivity contribution in [3.63, 3.8) is 0 Å². The second-order valence-electron chi connectivity index (χ2n) is 2.76. The molecular formula is C11H11FO2. The Labute approximate surface area is 81.6 Å². The summed E-state index contributed by atoms with van der Waals surface area (Å²) in [5, 5.41) is 17.4. The quantitative estimate of drug-likeness (QED) is 0.713. The molecule has 0 aliphatic carbocycles. The molecule has 1 aromatic rings. The predicted molar refractivity (Wildman–Crippen MR) is 52.1 cm³/mol. The minimum Gasteiger partial charge on any atom is -0.391 e. The van der Waals surface area contributed by atoms with Crippen LogP contribution in [0.25, 0.3) is 6.08 Å². The summed E-state index contributed by atoms with van der Waals surface area (Å²) in [6.07, 6.45) is 1.52. The highest BCUT2D eigenvalue weighted by atomic mass is 19.1. The number of hydrogen-bond donors (Lipinski definition) is 2. The Kier molecular flexibility index (Phi) is 4.08. The van der Waals surface area contributed by atoms with Gasteiger partial charge in [-0.2, -0.15) is 0 Å². The molecule has 1 rings (SSSR count). The fraction of sp³-hybridized carbons (Fsp3) is 0.182. The van der Waals surface area contributed by atoms with Crippen LogP contribution in [0.2, 0.25) is 0 Å². The van der Waals surface area contributed by atoms with E-state index in [0.717, 1.165) is 0 Å². The van der Waals surface area contributed by atoms with Crippen LogP contribution in [0.4, 0.5) is 4.39 Å². The first kappa shape index (κ1) is 10.7. The highest BCUT2D eigenvalue weighted by molar-refractivity contribution is 5.49. The van der Waals surface area contributed by atoms with Crippen molar-refractivity contribution >= 4 is 6.08 Å².